The van der Waals surface area contributed by atoms with Crippen molar-refractivity contribution in [2.75, 3.05) is 13.2 Å². The molecule has 0 radical (unpaired) electrons. The summed E-state index contributed by atoms with van der Waals surface area (Å²) in [6.07, 6.45) is -0.115. The molecule has 0 aliphatic carbocycles. The van der Waals surface area contributed by atoms with Crippen molar-refractivity contribution < 1.29 is 24.2 Å². The number of benzene rings is 1. The van der Waals surface area contributed by atoms with Gasteiger partial charge in [-0.3, -0.25) is 9.59 Å². The van der Waals surface area contributed by atoms with E-state index in [9.17, 15) is 9.59 Å². The predicted molar refractivity (Wildman–Crippen MR) is 75.8 cm³/mol. The number of carboxylic acids is 1. The molecule has 1 aromatic rings. The highest BCUT2D eigenvalue weighted by Crippen LogP contribution is 2.33. The maximum Gasteiger partial charge on any atom is 0.305 e. The highest BCUT2D eigenvalue weighted by atomic mass is 16.6. The van der Waals surface area contributed by atoms with Crippen LogP contribution in [0.2, 0.25) is 0 Å². The number of para-hydroxylation sites is 1. The first-order valence-electron chi connectivity index (χ1n) is 6.90. The Hall–Kier alpha value is -2.24. The first-order valence-corrected chi connectivity index (χ1v) is 6.90. The molecule has 21 heavy (non-hydrogen) atoms. The average molecular weight is 293 g/mol. The normalized spacial score (nSPS) is 14.6. The molecule has 1 aliphatic rings. The maximum absolute atomic E-state index is 12.4. The largest absolute Gasteiger partial charge is 0.486 e. The summed E-state index contributed by atoms with van der Waals surface area (Å²) in [5.41, 5.74) is 0.364. The van der Waals surface area contributed by atoms with Crippen LogP contribution in [0.1, 0.15) is 30.6 Å². The second-order valence-electron chi connectivity index (χ2n) is 5.25. The number of carbonyl (C=O) groups is 2. The molecule has 1 amide bonds. The molecule has 114 valence electrons. The lowest BCUT2D eigenvalue weighted by atomic mass is 10.0. The van der Waals surface area contributed by atoms with Gasteiger partial charge in [-0.05, 0) is 18.1 Å². The minimum atomic E-state index is -0.941. The van der Waals surface area contributed by atoms with E-state index in [-0.39, 0.29) is 18.2 Å². The van der Waals surface area contributed by atoms with Crippen LogP contribution in [0.25, 0.3) is 0 Å². The summed E-state index contributed by atoms with van der Waals surface area (Å²) in [7, 11) is 0. The van der Waals surface area contributed by atoms with E-state index in [0.717, 1.165) is 0 Å². The Labute approximate surface area is 123 Å². The molecule has 1 aromatic carbocycles. The van der Waals surface area contributed by atoms with Crippen LogP contribution in [0.15, 0.2) is 18.2 Å². The third kappa shape index (κ3) is 3.65. The average Bonchev–Trinajstić information content (AvgIpc) is 2.45. The predicted octanol–water partition coefficient (Wildman–Crippen LogP) is 1.69. The third-order valence-electron chi connectivity index (χ3n) is 3.33. The molecule has 1 heterocycles. The van der Waals surface area contributed by atoms with Gasteiger partial charge in [0.1, 0.15) is 13.2 Å². The van der Waals surface area contributed by atoms with Gasteiger partial charge in [0.25, 0.3) is 5.91 Å². The lowest BCUT2D eigenvalue weighted by molar-refractivity contribution is -0.137. The number of carbonyl (C=O) groups excluding carboxylic acids is 1. The van der Waals surface area contributed by atoms with Crippen molar-refractivity contribution >= 4 is 11.9 Å². The fourth-order valence-corrected chi connectivity index (χ4v) is 2.14. The van der Waals surface area contributed by atoms with E-state index < -0.39 is 12.0 Å². The van der Waals surface area contributed by atoms with E-state index in [4.69, 9.17) is 14.6 Å². The van der Waals surface area contributed by atoms with E-state index >= 15 is 0 Å². The van der Waals surface area contributed by atoms with Gasteiger partial charge in [0, 0.05) is 6.04 Å². The summed E-state index contributed by atoms with van der Waals surface area (Å²) in [6.45, 7) is 4.58. The smallest absolute Gasteiger partial charge is 0.305 e. The number of aliphatic carboxylic acids is 1. The van der Waals surface area contributed by atoms with Crippen molar-refractivity contribution in [2.24, 2.45) is 5.92 Å². The van der Waals surface area contributed by atoms with E-state index in [1.54, 1.807) is 18.2 Å². The van der Waals surface area contributed by atoms with Crippen LogP contribution in [0.3, 0.4) is 0 Å². The molecule has 2 rings (SSSR count). The van der Waals surface area contributed by atoms with Crippen LogP contribution in [-0.2, 0) is 4.79 Å². The van der Waals surface area contributed by atoms with E-state index in [0.29, 0.717) is 30.3 Å². The van der Waals surface area contributed by atoms with Gasteiger partial charge >= 0.3 is 5.97 Å². The van der Waals surface area contributed by atoms with Gasteiger partial charge in [-0.2, -0.15) is 0 Å². The minimum Gasteiger partial charge on any atom is -0.486 e. The number of nitrogens with one attached hydrogen (secondary N) is 1. The van der Waals surface area contributed by atoms with Gasteiger partial charge in [-0.1, -0.05) is 19.9 Å². The number of rotatable bonds is 5. The highest BCUT2D eigenvalue weighted by molar-refractivity contribution is 5.98. The van der Waals surface area contributed by atoms with Gasteiger partial charge in [0.05, 0.1) is 12.0 Å². The Morgan fingerprint density at radius 2 is 2.00 bits per heavy atom. The highest BCUT2D eigenvalue weighted by Gasteiger charge is 2.24. The summed E-state index contributed by atoms with van der Waals surface area (Å²) in [6, 6.07) is 4.66. The van der Waals surface area contributed by atoms with Crippen LogP contribution in [-0.4, -0.2) is 36.2 Å². The molecule has 6 nitrogen and oxygen atoms in total. The lowest BCUT2D eigenvalue weighted by Gasteiger charge is -2.23. The number of ether oxygens (including phenoxy) is 2. The van der Waals surface area contributed by atoms with Crippen LogP contribution < -0.4 is 14.8 Å². The van der Waals surface area contributed by atoms with E-state index in [1.165, 1.54) is 0 Å². The number of fused-ring (bicyclic) bond motifs is 1. The first-order chi connectivity index (χ1) is 9.99. The van der Waals surface area contributed by atoms with Crippen molar-refractivity contribution in [3.63, 3.8) is 0 Å². The molecule has 0 aromatic heterocycles. The van der Waals surface area contributed by atoms with Crippen molar-refractivity contribution in [3.05, 3.63) is 23.8 Å². The molecule has 0 bridgehead atoms. The monoisotopic (exact) mass is 293 g/mol. The van der Waals surface area contributed by atoms with Crippen LogP contribution >= 0.6 is 0 Å². The van der Waals surface area contributed by atoms with Crippen LogP contribution in [0.5, 0.6) is 11.5 Å². The molecule has 0 fully saturated rings. The zero-order chi connectivity index (χ0) is 15.4. The Morgan fingerprint density at radius 3 is 2.67 bits per heavy atom. The number of hydrogen-bond donors (Lipinski definition) is 2. The van der Waals surface area contributed by atoms with Crippen molar-refractivity contribution in [3.8, 4) is 11.5 Å². The number of hydrogen-bond acceptors (Lipinski definition) is 4. The first kappa shape index (κ1) is 15.2. The quantitative estimate of drug-likeness (QED) is 0.863. The van der Waals surface area contributed by atoms with Gasteiger partial charge in [0.2, 0.25) is 0 Å². The van der Waals surface area contributed by atoms with Crippen LogP contribution in [0.4, 0.5) is 0 Å². The van der Waals surface area contributed by atoms with Crippen molar-refractivity contribution in [2.45, 2.75) is 26.3 Å². The van der Waals surface area contributed by atoms with Gasteiger partial charge in [0.15, 0.2) is 11.5 Å². The number of carboxylic acid groups (broad SMARTS) is 1. The summed E-state index contributed by atoms with van der Waals surface area (Å²) in [5.74, 6) is -0.324. The maximum atomic E-state index is 12.4. The van der Waals surface area contributed by atoms with Crippen LogP contribution in [0, 0.1) is 5.92 Å². The second-order valence-corrected chi connectivity index (χ2v) is 5.25. The zero-order valence-electron chi connectivity index (χ0n) is 12.1. The summed E-state index contributed by atoms with van der Waals surface area (Å²) in [5, 5.41) is 11.7. The Balaban J connectivity index is 2.18. The second kappa shape index (κ2) is 6.47. The third-order valence-corrected chi connectivity index (χ3v) is 3.33. The molecule has 1 atom stereocenters. The fourth-order valence-electron chi connectivity index (χ4n) is 2.14. The SMILES string of the molecule is CC(C)C(CC(=O)O)NC(=O)c1cccc2c1OCCO2. The molecule has 1 aliphatic heterocycles. The molecule has 0 saturated heterocycles. The minimum absolute atomic E-state index is 0.0155. The molecular weight excluding hydrogens is 274 g/mol. The number of amides is 1. The van der Waals surface area contributed by atoms with Gasteiger partial charge in [-0.25, -0.2) is 0 Å². The van der Waals surface area contributed by atoms with Gasteiger partial charge < -0.3 is 19.9 Å². The zero-order valence-corrected chi connectivity index (χ0v) is 12.1. The molecule has 2 N–H and O–H groups in total. The summed E-state index contributed by atoms with van der Waals surface area (Å²) >= 11 is 0. The summed E-state index contributed by atoms with van der Waals surface area (Å²) < 4.78 is 10.9. The Morgan fingerprint density at radius 1 is 1.29 bits per heavy atom. The van der Waals surface area contributed by atoms with E-state index in [2.05, 4.69) is 5.32 Å². The van der Waals surface area contributed by atoms with Crippen molar-refractivity contribution in [1.82, 2.24) is 5.32 Å². The lowest BCUT2D eigenvalue weighted by Crippen LogP contribution is -2.40. The standard InChI is InChI=1S/C15H19NO5/c1-9(2)11(8-13(17)18)16-15(19)10-4-3-5-12-14(10)21-7-6-20-12/h3-5,9,11H,6-8H2,1-2H3,(H,16,19)(H,17,18). The molecule has 1 unspecified atom stereocenters. The molecule has 0 saturated carbocycles. The molecule has 6 heteroatoms. The topological polar surface area (TPSA) is 84.9 Å². The summed E-state index contributed by atoms with van der Waals surface area (Å²) in [4.78, 5) is 23.2. The Bertz CT molecular complexity index is 541. The van der Waals surface area contributed by atoms with Gasteiger partial charge in [-0.15, -0.1) is 0 Å². The molecular formula is C15H19NO5. The fraction of sp³-hybridized carbons (Fsp3) is 0.467. The Kier molecular flexibility index (Phi) is 4.67. The molecule has 0 spiro atoms. The van der Waals surface area contributed by atoms with E-state index in [1.807, 2.05) is 13.8 Å². The van der Waals surface area contributed by atoms with Crippen molar-refractivity contribution in [1.29, 1.82) is 0 Å².